The van der Waals surface area contributed by atoms with Crippen LogP contribution in [-0.2, 0) is 12.6 Å². The lowest BCUT2D eigenvalue weighted by Crippen LogP contribution is -2.21. The third-order valence-corrected chi connectivity index (χ3v) is 4.15. The number of fused-ring (bicyclic) bond motifs is 1. The van der Waals surface area contributed by atoms with Crippen molar-refractivity contribution in [2.75, 3.05) is 13.1 Å². The van der Waals surface area contributed by atoms with Gasteiger partial charge in [0.05, 0.1) is 5.56 Å². The van der Waals surface area contributed by atoms with E-state index in [1.54, 1.807) is 6.07 Å². The van der Waals surface area contributed by atoms with Crippen LogP contribution in [0.1, 0.15) is 28.2 Å². The van der Waals surface area contributed by atoms with Crippen LogP contribution < -0.4 is 5.32 Å². The van der Waals surface area contributed by atoms with E-state index < -0.39 is 11.7 Å². The maximum atomic E-state index is 12.9. The molecule has 0 aliphatic carbocycles. The first-order valence-corrected chi connectivity index (χ1v) is 7.29. The lowest BCUT2D eigenvalue weighted by molar-refractivity contribution is -0.137. The normalized spacial score (nSPS) is 18.3. The van der Waals surface area contributed by atoms with Crippen molar-refractivity contribution in [1.82, 2.24) is 5.32 Å². The van der Waals surface area contributed by atoms with E-state index in [0.29, 0.717) is 25.1 Å². The molecule has 122 valence electrons. The van der Waals surface area contributed by atoms with Gasteiger partial charge in [-0.2, -0.15) is 13.2 Å². The van der Waals surface area contributed by atoms with Crippen LogP contribution in [-0.4, -0.2) is 23.3 Å². The van der Waals surface area contributed by atoms with Gasteiger partial charge in [-0.3, -0.25) is 0 Å². The minimum absolute atomic E-state index is 0.214. The molecule has 0 spiro atoms. The van der Waals surface area contributed by atoms with Crippen LogP contribution >= 0.6 is 0 Å². The molecule has 2 aromatic carbocycles. The highest BCUT2D eigenvalue weighted by molar-refractivity contribution is 5.50. The van der Waals surface area contributed by atoms with Crippen molar-refractivity contribution in [3.8, 4) is 11.5 Å². The molecule has 3 N–H and O–H groups in total. The topological polar surface area (TPSA) is 52.5 Å². The highest BCUT2D eigenvalue weighted by Crippen LogP contribution is 2.38. The van der Waals surface area contributed by atoms with Gasteiger partial charge in [-0.15, -0.1) is 0 Å². The van der Waals surface area contributed by atoms with Gasteiger partial charge in [0.2, 0.25) is 0 Å². The molecular formula is C17H16F3NO2. The molecule has 0 bridgehead atoms. The molecule has 1 aliphatic rings. The summed E-state index contributed by atoms with van der Waals surface area (Å²) in [6, 6.07) is 8.17. The van der Waals surface area contributed by atoms with E-state index in [-0.39, 0.29) is 17.4 Å². The number of phenols is 2. The van der Waals surface area contributed by atoms with Crippen molar-refractivity contribution in [3.05, 3.63) is 58.7 Å². The Kier molecular flexibility index (Phi) is 3.93. The average Bonchev–Trinajstić information content (AvgIpc) is 2.69. The predicted molar refractivity (Wildman–Crippen MR) is 79.6 cm³/mol. The Morgan fingerprint density at radius 2 is 1.78 bits per heavy atom. The average molecular weight is 323 g/mol. The molecule has 0 saturated carbocycles. The van der Waals surface area contributed by atoms with E-state index in [9.17, 15) is 23.4 Å². The zero-order chi connectivity index (χ0) is 16.6. The zero-order valence-electron chi connectivity index (χ0n) is 12.2. The highest BCUT2D eigenvalue weighted by atomic mass is 19.4. The number of hydrogen-bond donors (Lipinski definition) is 3. The molecule has 1 heterocycles. The van der Waals surface area contributed by atoms with E-state index >= 15 is 0 Å². The molecule has 23 heavy (non-hydrogen) atoms. The van der Waals surface area contributed by atoms with Crippen LogP contribution in [0.3, 0.4) is 0 Å². The van der Waals surface area contributed by atoms with Crippen molar-refractivity contribution in [2.24, 2.45) is 0 Å². The number of benzene rings is 2. The first kappa shape index (κ1) is 15.7. The Morgan fingerprint density at radius 1 is 1.04 bits per heavy atom. The summed E-state index contributed by atoms with van der Waals surface area (Å²) >= 11 is 0. The van der Waals surface area contributed by atoms with Crippen LogP contribution in [0.2, 0.25) is 0 Å². The van der Waals surface area contributed by atoms with E-state index in [4.69, 9.17) is 0 Å². The minimum atomic E-state index is -4.39. The number of halogens is 3. The molecule has 0 radical (unpaired) electrons. The molecule has 0 saturated heterocycles. The number of nitrogens with one attached hydrogen (secondary N) is 1. The fraction of sp³-hybridized carbons (Fsp3) is 0.294. The predicted octanol–water partition coefficient (Wildman–Crippen LogP) is 3.39. The van der Waals surface area contributed by atoms with E-state index in [0.717, 1.165) is 23.3 Å². The van der Waals surface area contributed by atoms with Gasteiger partial charge in [-0.25, -0.2) is 0 Å². The third-order valence-electron chi connectivity index (χ3n) is 4.15. The van der Waals surface area contributed by atoms with Gasteiger partial charge >= 0.3 is 6.18 Å². The van der Waals surface area contributed by atoms with E-state index in [1.165, 1.54) is 18.2 Å². The second kappa shape index (κ2) is 5.77. The molecule has 0 fully saturated rings. The summed E-state index contributed by atoms with van der Waals surface area (Å²) in [5.41, 5.74) is 1.40. The molecule has 1 aliphatic heterocycles. The molecule has 1 unspecified atom stereocenters. The summed E-state index contributed by atoms with van der Waals surface area (Å²) in [6.07, 6.45) is -3.76. The Balaban J connectivity index is 2.09. The second-order valence-corrected chi connectivity index (χ2v) is 5.67. The molecule has 6 heteroatoms. The van der Waals surface area contributed by atoms with Crippen LogP contribution in [0.15, 0.2) is 36.4 Å². The van der Waals surface area contributed by atoms with Crippen molar-refractivity contribution in [3.63, 3.8) is 0 Å². The molecule has 0 aromatic heterocycles. The third kappa shape index (κ3) is 3.12. The van der Waals surface area contributed by atoms with Crippen LogP contribution in [0.5, 0.6) is 11.5 Å². The van der Waals surface area contributed by atoms with Gasteiger partial charge in [0.1, 0.15) is 0 Å². The van der Waals surface area contributed by atoms with Crippen molar-refractivity contribution in [1.29, 1.82) is 0 Å². The van der Waals surface area contributed by atoms with Crippen molar-refractivity contribution >= 4 is 0 Å². The van der Waals surface area contributed by atoms with Gasteiger partial charge in [0.15, 0.2) is 11.5 Å². The summed E-state index contributed by atoms with van der Waals surface area (Å²) in [5.74, 6) is -0.794. The molecular weight excluding hydrogens is 307 g/mol. The SMILES string of the molecule is Oc1cc2c(cc1O)C(c1cccc(C(F)(F)F)c1)CNCC2. The summed E-state index contributed by atoms with van der Waals surface area (Å²) in [7, 11) is 0. The number of aromatic hydroxyl groups is 2. The smallest absolute Gasteiger partial charge is 0.416 e. The Bertz CT molecular complexity index is 728. The lowest BCUT2D eigenvalue weighted by Gasteiger charge is -2.20. The van der Waals surface area contributed by atoms with Gasteiger partial charge in [0.25, 0.3) is 0 Å². The maximum Gasteiger partial charge on any atom is 0.416 e. The Hall–Kier alpha value is -2.21. The minimum Gasteiger partial charge on any atom is -0.504 e. The first-order chi connectivity index (χ1) is 10.9. The molecule has 3 nitrogen and oxygen atoms in total. The first-order valence-electron chi connectivity index (χ1n) is 7.29. The maximum absolute atomic E-state index is 12.9. The molecule has 1 atom stereocenters. The molecule has 2 aromatic rings. The quantitative estimate of drug-likeness (QED) is 0.705. The number of phenolic OH excluding ortho intramolecular Hbond substituents is 2. The number of rotatable bonds is 1. The van der Waals surface area contributed by atoms with Crippen LogP contribution in [0.4, 0.5) is 13.2 Å². The van der Waals surface area contributed by atoms with Gasteiger partial charge in [-0.1, -0.05) is 18.2 Å². The monoisotopic (exact) mass is 323 g/mol. The standard InChI is InChI=1S/C17H16F3NO2/c18-17(19,20)12-3-1-2-10(6-12)14-9-21-5-4-11-7-15(22)16(23)8-13(11)14/h1-3,6-8,14,21-23H,4-5,9H2. The summed E-state index contributed by atoms with van der Waals surface area (Å²) in [5, 5.41) is 22.6. The Morgan fingerprint density at radius 3 is 2.52 bits per heavy atom. The number of hydrogen-bond acceptors (Lipinski definition) is 3. The fourth-order valence-corrected chi connectivity index (χ4v) is 2.99. The largest absolute Gasteiger partial charge is 0.504 e. The van der Waals surface area contributed by atoms with E-state index in [2.05, 4.69) is 5.32 Å². The molecule has 3 rings (SSSR count). The van der Waals surface area contributed by atoms with Gasteiger partial charge in [0, 0.05) is 12.5 Å². The second-order valence-electron chi connectivity index (χ2n) is 5.67. The molecule has 0 amide bonds. The van der Waals surface area contributed by atoms with E-state index in [1.807, 2.05) is 0 Å². The van der Waals surface area contributed by atoms with Crippen molar-refractivity contribution < 1.29 is 23.4 Å². The summed E-state index contributed by atoms with van der Waals surface area (Å²) in [4.78, 5) is 0. The van der Waals surface area contributed by atoms with Crippen LogP contribution in [0, 0.1) is 0 Å². The summed E-state index contributed by atoms with van der Waals surface area (Å²) < 4.78 is 38.8. The Labute approximate surface area is 131 Å². The zero-order valence-corrected chi connectivity index (χ0v) is 12.2. The number of alkyl halides is 3. The van der Waals surface area contributed by atoms with Crippen molar-refractivity contribution in [2.45, 2.75) is 18.5 Å². The lowest BCUT2D eigenvalue weighted by atomic mass is 9.87. The van der Waals surface area contributed by atoms with Gasteiger partial charge < -0.3 is 15.5 Å². The van der Waals surface area contributed by atoms with Crippen LogP contribution in [0.25, 0.3) is 0 Å². The summed E-state index contributed by atoms with van der Waals surface area (Å²) in [6.45, 7) is 1.13. The fourth-order valence-electron chi connectivity index (χ4n) is 2.99. The highest BCUT2D eigenvalue weighted by Gasteiger charge is 2.31. The van der Waals surface area contributed by atoms with Gasteiger partial charge in [-0.05, 0) is 47.9 Å².